The maximum Gasteiger partial charge on any atom is 0.410 e. The Kier molecular flexibility index (Phi) is 8.75. The van der Waals surface area contributed by atoms with Crippen molar-refractivity contribution in [3.63, 3.8) is 0 Å². The molecular formula is C29H45N5O6Si. The molecule has 12 heteroatoms. The van der Waals surface area contributed by atoms with Crippen molar-refractivity contribution in [2.45, 2.75) is 83.9 Å². The van der Waals surface area contributed by atoms with Crippen LogP contribution in [0, 0.1) is 0 Å². The van der Waals surface area contributed by atoms with Crippen LogP contribution in [0.15, 0.2) is 23.0 Å². The number of carbonyl (C=O) groups excluding carboxylic acids is 3. The van der Waals surface area contributed by atoms with Gasteiger partial charge >= 0.3 is 11.8 Å². The highest BCUT2D eigenvalue weighted by atomic mass is 28.3. The van der Waals surface area contributed by atoms with E-state index in [4.69, 9.17) is 9.47 Å². The van der Waals surface area contributed by atoms with Gasteiger partial charge in [0.1, 0.15) is 18.4 Å². The fraction of sp³-hybridized carbons (Fsp3) is 0.655. The van der Waals surface area contributed by atoms with Crippen LogP contribution in [0.25, 0.3) is 11.0 Å². The molecule has 0 aliphatic carbocycles. The lowest BCUT2D eigenvalue weighted by molar-refractivity contribution is -0.157. The first-order valence-electron chi connectivity index (χ1n) is 14.4. The number of benzene rings is 1. The van der Waals surface area contributed by atoms with Crippen molar-refractivity contribution in [1.29, 1.82) is 0 Å². The lowest BCUT2D eigenvalue weighted by Gasteiger charge is -2.41. The molecule has 4 rings (SSSR count). The van der Waals surface area contributed by atoms with Gasteiger partial charge in [-0.15, -0.1) is 0 Å². The topological polar surface area (TPSA) is 106 Å². The Balaban J connectivity index is 1.52. The minimum Gasteiger partial charge on any atom is -0.444 e. The summed E-state index contributed by atoms with van der Waals surface area (Å²) in [5, 5.41) is 0. The largest absolute Gasteiger partial charge is 0.444 e. The van der Waals surface area contributed by atoms with E-state index in [9.17, 15) is 19.2 Å². The first-order valence-corrected chi connectivity index (χ1v) is 18.2. The van der Waals surface area contributed by atoms with Crippen LogP contribution in [0.3, 0.4) is 0 Å². The molecule has 0 spiro atoms. The van der Waals surface area contributed by atoms with Gasteiger partial charge in [-0.2, -0.15) is 0 Å². The summed E-state index contributed by atoms with van der Waals surface area (Å²) in [6, 6.07) is 5.89. The van der Waals surface area contributed by atoms with Crippen LogP contribution in [0.1, 0.15) is 46.6 Å². The van der Waals surface area contributed by atoms with Gasteiger partial charge in [-0.1, -0.05) is 19.6 Å². The van der Waals surface area contributed by atoms with Gasteiger partial charge in [-0.3, -0.25) is 23.6 Å². The van der Waals surface area contributed by atoms with Crippen LogP contribution in [0.4, 0.5) is 10.5 Å². The zero-order chi connectivity index (χ0) is 30.3. The van der Waals surface area contributed by atoms with Crippen molar-refractivity contribution in [1.82, 2.24) is 18.9 Å². The first-order chi connectivity index (χ1) is 19.1. The van der Waals surface area contributed by atoms with Gasteiger partial charge in [0.25, 0.3) is 5.91 Å². The van der Waals surface area contributed by atoms with Crippen molar-refractivity contribution in [2.24, 2.45) is 7.05 Å². The molecule has 1 aromatic carbocycles. The number of piperazine rings is 1. The number of imide groups is 1. The second-order valence-electron chi connectivity index (χ2n) is 13.4. The standard InChI is InChI=1S/C29H45N5O6Si/c1-20-18-31(13-14-32(20)28(38)40-29(2,3)4)21-9-10-22-24(17-21)30(5)27(37)34(22)23-11-12-25(35)33(26(23)36)19-39-15-16-41(6,7)8/h9-10,17,20,23H,11-16,18-19H2,1-8H3/t20-,23?/m0/s1. The molecule has 3 amide bonds. The van der Waals surface area contributed by atoms with Crippen LogP contribution >= 0.6 is 0 Å². The molecule has 0 bridgehead atoms. The molecule has 3 heterocycles. The van der Waals surface area contributed by atoms with Gasteiger partial charge in [0.2, 0.25) is 5.91 Å². The summed E-state index contributed by atoms with van der Waals surface area (Å²) in [6.45, 7) is 16.5. The maximum absolute atomic E-state index is 13.5. The molecule has 226 valence electrons. The third kappa shape index (κ3) is 6.86. The molecule has 0 radical (unpaired) electrons. The molecule has 41 heavy (non-hydrogen) atoms. The summed E-state index contributed by atoms with van der Waals surface area (Å²) < 4.78 is 14.4. The fourth-order valence-corrected chi connectivity index (χ4v) is 6.12. The van der Waals surface area contributed by atoms with Crippen LogP contribution in [0.2, 0.25) is 25.7 Å². The van der Waals surface area contributed by atoms with Crippen molar-refractivity contribution < 1.29 is 23.9 Å². The highest BCUT2D eigenvalue weighted by molar-refractivity contribution is 6.76. The number of imidazole rings is 1. The second kappa shape index (κ2) is 11.6. The van der Waals surface area contributed by atoms with Crippen LogP contribution in [0.5, 0.6) is 0 Å². The van der Waals surface area contributed by atoms with Crippen molar-refractivity contribution in [3.8, 4) is 0 Å². The molecule has 2 fully saturated rings. The number of likely N-dealkylation sites (tertiary alicyclic amines) is 1. The third-order valence-corrected chi connectivity index (χ3v) is 9.41. The Bertz CT molecular complexity index is 1370. The van der Waals surface area contributed by atoms with Crippen molar-refractivity contribution in [2.75, 3.05) is 37.9 Å². The number of carbonyl (C=O) groups is 3. The zero-order valence-corrected chi connectivity index (χ0v) is 26.7. The number of anilines is 1. The van der Waals surface area contributed by atoms with Crippen molar-refractivity contribution in [3.05, 3.63) is 28.7 Å². The molecule has 1 aromatic heterocycles. The Morgan fingerprint density at radius 1 is 1.07 bits per heavy atom. The van der Waals surface area contributed by atoms with E-state index in [1.54, 1.807) is 16.5 Å². The van der Waals surface area contributed by atoms with E-state index < -0.39 is 25.6 Å². The molecule has 2 aliphatic heterocycles. The summed E-state index contributed by atoms with van der Waals surface area (Å²) in [6.07, 6.45) is 0.133. The maximum atomic E-state index is 13.5. The molecule has 2 saturated heterocycles. The minimum absolute atomic E-state index is 0.0564. The summed E-state index contributed by atoms with van der Waals surface area (Å²) in [4.78, 5) is 57.3. The number of nitrogens with zero attached hydrogens (tertiary/aromatic N) is 5. The number of aryl methyl sites for hydroxylation is 1. The van der Waals surface area contributed by atoms with E-state index in [1.165, 1.54) is 4.57 Å². The summed E-state index contributed by atoms with van der Waals surface area (Å²) >= 11 is 0. The smallest absolute Gasteiger partial charge is 0.410 e. The number of hydrogen-bond acceptors (Lipinski definition) is 7. The molecule has 0 saturated carbocycles. The van der Waals surface area contributed by atoms with E-state index in [2.05, 4.69) is 24.5 Å². The lowest BCUT2D eigenvalue weighted by Crippen LogP contribution is -2.55. The Morgan fingerprint density at radius 3 is 2.41 bits per heavy atom. The van der Waals surface area contributed by atoms with Gasteiger partial charge in [0, 0.05) is 59.5 Å². The number of fused-ring (bicyclic) bond motifs is 1. The summed E-state index contributed by atoms with van der Waals surface area (Å²) in [7, 11) is 0.392. The summed E-state index contributed by atoms with van der Waals surface area (Å²) in [5.41, 5.74) is 1.43. The molecule has 2 aliphatic rings. The Hall–Kier alpha value is -3.12. The van der Waals surface area contributed by atoms with Crippen LogP contribution in [-0.2, 0) is 26.1 Å². The number of piperidine rings is 1. The molecule has 11 nitrogen and oxygen atoms in total. The van der Waals surface area contributed by atoms with Gasteiger partial charge in [0.05, 0.1) is 11.0 Å². The van der Waals surface area contributed by atoms with Crippen LogP contribution < -0.4 is 10.6 Å². The van der Waals surface area contributed by atoms with Gasteiger partial charge in [-0.05, 0) is 58.4 Å². The second-order valence-corrected chi connectivity index (χ2v) is 19.0. The third-order valence-electron chi connectivity index (χ3n) is 7.71. The van der Waals surface area contributed by atoms with Crippen molar-refractivity contribution >= 4 is 42.7 Å². The zero-order valence-electron chi connectivity index (χ0n) is 25.7. The Labute approximate surface area is 243 Å². The number of rotatable bonds is 7. The normalized spacial score (nSPS) is 20.7. The van der Waals surface area contributed by atoms with E-state index in [0.29, 0.717) is 37.3 Å². The average molecular weight is 588 g/mol. The van der Waals surface area contributed by atoms with E-state index >= 15 is 0 Å². The SMILES string of the molecule is C[C@H]1CN(c2ccc3c(c2)n(C)c(=O)n3C2CCC(=O)N(COCC[Si](C)(C)C)C2=O)CCN1C(=O)OC(C)(C)C. The van der Waals surface area contributed by atoms with Gasteiger partial charge in [-0.25, -0.2) is 9.59 Å². The molecule has 1 unspecified atom stereocenters. The number of ether oxygens (including phenoxy) is 2. The first kappa shape index (κ1) is 30.8. The lowest BCUT2D eigenvalue weighted by atomic mass is 10.0. The predicted molar refractivity (Wildman–Crippen MR) is 161 cm³/mol. The molecule has 0 N–H and O–H groups in total. The number of hydrogen-bond donors (Lipinski definition) is 0. The number of amides is 3. The fourth-order valence-electron chi connectivity index (χ4n) is 5.36. The molecular weight excluding hydrogens is 542 g/mol. The van der Waals surface area contributed by atoms with Gasteiger partial charge in [0.15, 0.2) is 0 Å². The van der Waals surface area contributed by atoms with Crippen LogP contribution in [-0.4, -0.2) is 89.5 Å². The van der Waals surface area contributed by atoms with E-state index in [0.717, 1.165) is 16.6 Å². The summed E-state index contributed by atoms with van der Waals surface area (Å²) in [5.74, 6) is -0.672. The quantitative estimate of drug-likeness (QED) is 0.276. The number of aromatic nitrogens is 2. The highest BCUT2D eigenvalue weighted by Gasteiger charge is 2.38. The minimum atomic E-state index is -1.31. The van der Waals surface area contributed by atoms with E-state index in [1.807, 2.05) is 45.9 Å². The predicted octanol–water partition coefficient (Wildman–Crippen LogP) is 3.79. The molecule has 2 aromatic rings. The Morgan fingerprint density at radius 2 is 1.78 bits per heavy atom. The highest BCUT2D eigenvalue weighted by Crippen LogP contribution is 2.30. The monoisotopic (exact) mass is 587 g/mol. The average Bonchev–Trinajstić information content (AvgIpc) is 3.11. The van der Waals surface area contributed by atoms with E-state index in [-0.39, 0.29) is 43.3 Å². The molecule has 2 atom stereocenters. The van der Waals surface area contributed by atoms with Gasteiger partial charge < -0.3 is 19.3 Å².